The van der Waals surface area contributed by atoms with Gasteiger partial charge in [-0.05, 0) is 59.9 Å². The molecule has 7 heteroatoms. The van der Waals surface area contributed by atoms with Crippen LogP contribution in [0.1, 0.15) is 49.3 Å². The highest BCUT2D eigenvalue weighted by Gasteiger charge is 2.41. The molecule has 0 bridgehead atoms. The number of nitrogens with zero attached hydrogens (tertiary/aromatic N) is 1. The maximum absolute atomic E-state index is 14.0. The van der Waals surface area contributed by atoms with Gasteiger partial charge in [-0.15, -0.1) is 0 Å². The van der Waals surface area contributed by atoms with E-state index in [1.807, 2.05) is 61.5 Å². The van der Waals surface area contributed by atoms with Crippen LogP contribution in [0, 0.1) is 0 Å². The fourth-order valence-corrected chi connectivity index (χ4v) is 5.46. The summed E-state index contributed by atoms with van der Waals surface area (Å²) in [4.78, 5) is 29.2. The molecule has 3 aromatic rings. The Morgan fingerprint density at radius 1 is 0.973 bits per heavy atom. The predicted octanol–water partition coefficient (Wildman–Crippen LogP) is 6.67. The molecule has 0 saturated carbocycles. The first-order valence-corrected chi connectivity index (χ1v) is 12.7. The number of rotatable bonds is 5. The van der Waals surface area contributed by atoms with Gasteiger partial charge in [-0.25, -0.2) is 0 Å². The van der Waals surface area contributed by atoms with Crippen LogP contribution in [0.15, 0.2) is 78.0 Å². The number of ketones is 1. The Kier molecular flexibility index (Phi) is 6.94. The van der Waals surface area contributed by atoms with Crippen molar-refractivity contribution in [2.75, 3.05) is 24.4 Å². The van der Waals surface area contributed by atoms with Gasteiger partial charge in [0.1, 0.15) is 0 Å². The minimum atomic E-state index is -0.560. The Hall–Kier alpha value is -3.77. The molecule has 5 rings (SSSR count). The van der Waals surface area contributed by atoms with Gasteiger partial charge in [0, 0.05) is 29.1 Å². The third-order valence-corrected chi connectivity index (χ3v) is 7.38. The number of ether oxygens (including phenoxy) is 2. The Morgan fingerprint density at radius 3 is 2.38 bits per heavy atom. The van der Waals surface area contributed by atoms with Crippen molar-refractivity contribution in [3.8, 4) is 11.5 Å². The third-order valence-electron chi connectivity index (χ3n) is 7.12. The van der Waals surface area contributed by atoms with E-state index in [0.717, 1.165) is 28.2 Å². The number of hydrogen-bond acceptors (Lipinski definition) is 5. The van der Waals surface area contributed by atoms with E-state index < -0.39 is 6.04 Å². The smallest absolute Gasteiger partial charge is 0.227 e. The maximum atomic E-state index is 14.0. The standard InChI is InChI=1S/C30H29ClN2O4/c1-4-28(35)33-24-8-6-5-7-22(24)32-23-15-20(19-11-14-26(36-2)27(17-19)37-3)16-25(34)29(23)30(33)18-9-12-21(31)13-10-18/h5-14,17,20,30,32H,4,15-16H2,1-3H3/t20-,30+/m0/s1. The maximum Gasteiger partial charge on any atom is 0.227 e. The summed E-state index contributed by atoms with van der Waals surface area (Å²) in [5, 5.41) is 4.14. The van der Waals surface area contributed by atoms with Gasteiger partial charge in [0.15, 0.2) is 17.3 Å². The van der Waals surface area contributed by atoms with Crippen LogP contribution in [0.2, 0.25) is 5.02 Å². The normalized spacial score (nSPS) is 18.9. The van der Waals surface area contributed by atoms with Gasteiger partial charge in [-0.3, -0.25) is 14.5 Å². The summed E-state index contributed by atoms with van der Waals surface area (Å²) in [5.74, 6) is 1.18. The van der Waals surface area contributed by atoms with E-state index in [1.165, 1.54) is 0 Å². The number of amides is 1. The molecule has 1 heterocycles. The van der Waals surface area contributed by atoms with Gasteiger partial charge in [0.25, 0.3) is 0 Å². The molecule has 1 amide bonds. The molecule has 190 valence electrons. The zero-order chi connectivity index (χ0) is 26.1. The summed E-state index contributed by atoms with van der Waals surface area (Å²) >= 11 is 6.20. The lowest BCUT2D eigenvalue weighted by Crippen LogP contribution is -2.38. The number of anilines is 2. The Bertz CT molecular complexity index is 1380. The van der Waals surface area contributed by atoms with Crippen molar-refractivity contribution >= 4 is 34.7 Å². The number of Topliss-reactive ketones (excluding diaryl/α,β-unsaturated/α-hetero) is 1. The van der Waals surface area contributed by atoms with E-state index in [1.54, 1.807) is 31.3 Å². The number of carbonyl (C=O) groups excluding carboxylic acids is 2. The molecule has 6 nitrogen and oxygen atoms in total. The van der Waals surface area contributed by atoms with Crippen LogP contribution in [-0.4, -0.2) is 25.9 Å². The second-order valence-electron chi connectivity index (χ2n) is 9.25. The summed E-state index contributed by atoms with van der Waals surface area (Å²) in [6.07, 6.45) is 1.25. The minimum Gasteiger partial charge on any atom is -0.493 e. The molecule has 2 aliphatic rings. The Balaban J connectivity index is 1.67. The highest BCUT2D eigenvalue weighted by molar-refractivity contribution is 6.30. The molecular weight excluding hydrogens is 488 g/mol. The number of halogens is 1. The van der Waals surface area contributed by atoms with Gasteiger partial charge >= 0.3 is 0 Å². The van der Waals surface area contributed by atoms with Crippen molar-refractivity contribution in [2.24, 2.45) is 0 Å². The van der Waals surface area contributed by atoms with Gasteiger partial charge in [0.05, 0.1) is 31.6 Å². The van der Waals surface area contributed by atoms with Crippen molar-refractivity contribution in [2.45, 2.75) is 38.1 Å². The van der Waals surface area contributed by atoms with Crippen LogP contribution in [0.4, 0.5) is 11.4 Å². The van der Waals surface area contributed by atoms with Crippen molar-refractivity contribution in [3.63, 3.8) is 0 Å². The van der Waals surface area contributed by atoms with Crippen LogP contribution in [-0.2, 0) is 9.59 Å². The van der Waals surface area contributed by atoms with Gasteiger partial charge in [-0.2, -0.15) is 0 Å². The number of hydrogen-bond donors (Lipinski definition) is 1. The monoisotopic (exact) mass is 516 g/mol. The first-order chi connectivity index (χ1) is 17.9. The quantitative estimate of drug-likeness (QED) is 0.410. The number of methoxy groups -OCH3 is 2. The molecule has 0 saturated heterocycles. The van der Waals surface area contributed by atoms with Gasteiger partial charge < -0.3 is 14.8 Å². The fraction of sp³-hybridized carbons (Fsp3) is 0.267. The molecule has 0 aromatic heterocycles. The second-order valence-corrected chi connectivity index (χ2v) is 9.68. The lowest BCUT2D eigenvalue weighted by molar-refractivity contribution is -0.119. The van der Waals surface area contributed by atoms with Crippen molar-refractivity contribution < 1.29 is 19.1 Å². The van der Waals surface area contributed by atoms with Crippen molar-refractivity contribution in [3.05, 3.63) is 94.1 Å². The zero-order valence-corrected chi connectivity index (χ0v) is 21.8. The number of fused-ring (bicyclic) bond motifs is 1. The molecule has 1 aliphatic carbocycles. The summed E-state index contributed by atoms with van der Waals surface area (Å²) < 4.78 is 10.9. The first kappa shape index (κ1) is 24.9. The molecule has 1 N–H and O–H groups in total. The highest BCUT2D eigenvalue weighted by Crippen LogP contribution is 2.48. The van der Waals surface area contributed by atoms with Crippen LogP contribution >= 0.6 is 11.6 Å². The van der Waals surface area contributed by atoms with E-state index in [-0.39, 0.29) is 17.6 Å². The number of allylic oxidation sites excluding steroid dienone is 1. The Labute approximate surface area is 221 Å². The van der Waals surface area contributed by atoms with E-state index in [4.69, 9.17) is 21.1 Å². The number of nitrogens with one attached hydrogen (secondary N) is 1. The Morgan fingerprint density at radius 2 is 1.68 bits per heavy atom. The van der Waals surface area contributed by atoms with Crippen LogP contribution in [0.5, 0.6) is 11.5 Å². The van der Waals surface area contributed by atoms with E-state index in [9.17, 15) is 9.59 Å². The molecule has 0 unspecified atom stereocenters. The first-order valence-electron chi connectivity index (χ1n) is 12.4. The molecule has 2 atom stereocenters. The molecular formula is C30H29ClN2O4. The molecule has 37 heavy (non-hydrogen) atoms. The lowest BCUT2D eigenvalue weighted by atomic mass is 9.78. The van der Waals surface area contributed by atoms with Crippen LogP contribution in [0.25, 0.3) is 0 Å². The molecule has 0 spiro atoms. The minimum absolute atomic E-state index is 0.00944. The predicted molar refractivity (Wildman–Crippen MR) is 146 cm³/mol. The number of benzene rings is 3. The van der Waals surface area contributed by atoms with Crippen molar-refractivity contribution in [1.29, 1.82) is 0 Å². The average molecular weight is 517 g/mol. The number of para-hydroxylation sites is 2. The zero-order valence-electron chi connectivity index (χ0n) is 21.1. The topological polar surface area (TPSA) is 67.9 Å². The van der Waals surface area contributed by atoms with Gasteiger partial charge in [-0.1, -0.05) is 48.9 Å². The van der Waals surface area contributed by atoms with E-state index in [0.29, 0.717) is 41.4 Å². The van der Waals surface area contributed by atoms with Gasteiger partial charge in [0.2, 0.25) is 5.91 Å². The summed E-state index contributed by atoms with van der Waals surface area (Å²) in [7, 11) is 3.21. The average Bonchev–Trinajstić information content (AvgIpc) is 3.07. The second kappa shape index (κ2) is 10.3. The summed E-state index contributed by atoms with van der Waals surface area (Å²) in [5.41, 5.74) is 4.84. The summed E-state index contributed by atoms with van der Waals surface area (Å²) in [6, 6.07) is 20.4. The largest absolute Gasteiger partial charge is 0.493 e. The highest BCUT2D eigenvalue weighted by atomic mass is 35.5. The molecule has 1 aliphatic heterocycles. The number of carbonyl (C=O) groups is 2. The molecule has 0 fully saturated rings. The molecule has 0 radical (unpaired) electrons. The SMILES string of the molecule is CCC(=O)N1c2ccccc2NC2=C(C(=O)C[C@@H](c3ccc(OC)c(OC)c3)C2)[C@H]1c1ccc(Cl)cc1. The lowest BCUT2D eigenvalue weighted by Gasteiger charge is -2.35. The van der Waals surface area contributed by atoms with Crippen LogP contribution in [0.3, 0.4) is 0 Å². The van der Waals surface area contributed by atoms with Crippen LogP contribution < -0.4 is 19.7 Å². The molecule has 3 aromatic carbocycles. The fourth-order valence-electron chi connectivity index (χ4n) is 5.34. The van der Waals surface area contributed by atoms with Crippen molar-refractivity contribution in [1.82, 2.24) is 0 Å². The van der Waals surface area contributed by atoms with E-state index in [2.05, 4.69) is 5.32 Å². The summed E-state index contributed by atoms with van der Waals surface area (Å²) in [6.45, 7) is 1.84. The van der Waals surface area contributed by atoms with E-state index >= 15 is 0 Å². The third kappa shape index (κ3) is 4.58.